The second kappa shape index (κ2) is 9.24. The van der Waals surface area contributed by atoms with Gasteiger partial charge in [0.15, 0.2) is 0 Å². The van der Waals surface area contributed by atoms with Gasteiger partial charge in [0.1, 0.15) is 29.2 Å². The highest BCUT2D eigenvalue weighted by Gasteiger charge is 2.19. The maximum absolute atomic E-state index is 9.52. The molecule has 4 heterocycles. The average molecular weight is 437 g/mol. The van der Waals surface area contributed by atoms with Crippen LogP contribution in [0.5, 0.6) is 5.88 Å². The average Bonchev–Trinajstić information content (AvgIpc) is 3.45. The van der Waals surface area contributed by atoms with Crippen LogP contribution in [-0.4, -0.2) is 44.3 Å². The molecule has 0 spiro atoms. The zero-order chi connectivity index (χ0) is 21.8. The Bertz CT molecular complexity index is 1150. The Morgan fingerprint density at radius 1 is 1.39 bits per heavy atom. The first kappa shape index (κ1) is 21.0. The van der Waals surface area contributed by atoms with Crippen molar-refractivity contribution in [3.05, 3.63) is 46.7 Å². The molecular weight excluding hydrogens is 412 g/mol. The number of rotatable bonds is 6. The number of piperidine rings is 1. The van der Waals surface area contributed by atoms with Gasteiger partial charge in [0, 0.05) is 28.8 Å². The lowest BCUT2D eigenvalue weighted by atomic mass is 10.0. The molecule has 9 nitrogen and oxygen atoms in total. The van der Waals surface area contributed by atoms with E-state index in [0.29, 0.717) is 22.9 Å². The molecule has 1 fully saturated rings. The van der Waals surface area contributed by atoms with Crippen molar-refractivity contribution in [2.24, 2.45) is 15.9 Å². The molecule has 1 unspecified atom stereocenters. The summed E-state index contributed by atoms with van der Waals surface area (Å²) in [5, 5.41) is 18.8. The van der Waals surface area contributed by atoms with E-state index in [1.807, 2.05) is 31.4 Å². The van der Waals surface area contributed by atoms with Crippen LogP contribution in [0.3, 0.4) is 0 Å². The molecule has 3 aromatic rings. The number of fused-ring (bicyclic) bond motifs is 1. The first-order chi connectivity index (χ1) is 15.1. The molecular formula is C21H24N8OS. The van der Waals surface area contributed by atoms with E-state index >= 15 is 0 Å². The summed E-state index contributed by atoms with van der Waals surface area (Å²) in [7, 11) is 0. The van der Waals surface area contributed by atoms with Crippen molar-refractivity contribution < 1.29 is 4.74 Å². The van der Waals surface area contributed by atoms with Gasteiger partial charge in [-0.25, -0.2) is 9.36 Å². The second-order valence-corrected chi connectivity index (χ2v) is 8.08. The van der Waals surface area contributed by atoms with Gasteiger partial charge >= 0.3 is 0 Å². The maximum atomic E-state index is 9.52. The van der Waals surface area contributed by atoms with Gasteiger partial charge in [0.25, 0.3) is 0 Å². The lowest BCUT2D eigenvalue weighted by molar-refractivity contribution is 0.215. The Morgan fingerprint density at radius 3 is 2.87 bits per heavy atom. The van der Waals surface area contributed by atoms with Crippen LogP contribution < -0.4 is 15.9 Å². The fraction of sp³-hybridized carbons (Fsp3) is 0.381. The summed E-state index contributed by atoms with van der Waals surface area (Å²) >= 11 is 1.37. The van der Waals surface area contributed by atoms with Gasteiger partial charge in [-0.1, -0.05) is 0 Å². The number of nitrogens with zero attached hydrogens (tertiary/aromatic N) is 6. The Morgan fingerprint density at radius 2 is 2.19 bits per heavy atom. The molecule has 1 atom stereocenters. The summed E-state index contributed by atoms with van der Waals surface area (Å²) in [6, 6.07) is 6.09. The number of pyridine rings is 1. The van der Waals surface area contributed by atoms with E-state index in [1.54, 1.807) is 10.6 Å². The number of aromatic nitrogens is 3. The monoisotopic (exact) mass is 436 g/mol. The lowest BCUT2D eigenvalue weighted by Gasteiger charge is -2.20. The number of ether oxygens (including phenoxy) is 1. The number of hydrogen-bond donors (Lipinski definition) is 2. The number of imidazole rings is 1. The SMILES string of the molecule is CC(=NC1CCNCC1)/C(=N\N)c1cc(OC(C)c2cnsc2)n2c(C#N)cnc2c1. The molecule has 0 radical (unpaired) electrons. The van der Waals surface area contributed by atoms with Gasteiger partial charge in [0.05, 0.1) is 18.0 Å². The third-order valence-electron chi connectivity index (χ3n) is 5.34. The van der Waals surface area contributed by atoms with Crippen molar-refractivity contribution in [3.63, 3.8) is 0 Å². The summed E-state index contributed by atoms with van der Waals surface area (Å²) in [5.41, 5.74) is 4.02. The van der Waals surface area contributed by atoms with Gasteiger partial charge in [-0.3, -0.25) is 9.39 Å². The van der Waals surface area contributed by atoms with Crippen LogP contribution in [0.4, 0.5) is 0 Å². The van der Waals surface area contributed by atoms with Crippen LogP contribution in [0.1, 0.15) is 49.6 Å². The summed E-state index contributed by atoms with van der Waals surface area (Å²) in [6.07, 6.45) is 5.02. The van der Waals surface area contributed by atoms with Crippen LogP contribution in [0.2, 0.25) is 0 Å². The van der Waals surface area contributed by atoms with Gasteiger partial charge in [-0.2, -0.15) is 10.4 Å². The summed E-state index contributed by atoms with van der Waals surface area (Å²) in [6.45, 7) is 5.78. The van der Waals surface area contributed by atoms with Crippen LogP contribution in [-0.2, 0) is 0 Å². The topological polar surface area (TPSA) is 126 Å². The maximum Gasteiger partial charge on any atom is 0.201 e. The van der Waals surface area contributed by atoms with Gasteiger partial charge in [-0.15, -0.1) is 0 Å². The van der Waals surface area contributed by atoms with E-state index in [4.69, 9.17) is 15.6 Å². The normalized spacial score (nSPS) is 16.9. The zero-order valence-corrected chi connectivity index (χ0v) is 18.3. The lowest BCUT2D eigenvalue weighted by Crippen LogP contribution is -2.31. The fourth-order valence-electron chi connectivity index (χ4n) is 3.69. The van der Waals surface area contributed by atoms with E-state index in [0.717, 1.165) is 42.8 Å². The molecule has 3 aromatic heterocycles. The van der Waals surface area contributed by atoms with Crippen LogP contribution >= 0.6 is 11.5 Å². The number of nitrogens with two attached hydrogens (primary N) is 1. The number of aliphatic imine (C=N–C) groups is 1. The van der Waals surface area contributed by atoms with Crippen molar-refractivity contribution in [2.75, 3.05) is 13.1 Å². The molecule has 31 heavy (non-hydrogen) atoms. The predicted octanol–water partition coefficient (Wildman–Crippen LogP) is 2.68. The minimum Gasteiger partial charge on any atom is -0.471 e. The molecule has 0 amide bonds. The minimum absolute atomic E-state index is 0.250. The highest BCUT2D eigenvalue weighted by atomic mass is 32.1. The predicted molar refractivity (Wildman–Crippen MR) is 121 cm³/mol. The number of hydrazone groups is 1. The highest BCUT2D eigenvalue weighted by molar-refractivity contribution is 7.03. The summed E-state index contributed by atoms with van der Waals surface area (Å²) < 4.78 is 12.1. The van der Waals surface area contributed by atoms with Gasteiger partial charge < -0.3 is 15.9 Å². The molecule has 0 bridgehead atoms. The Hall–Kier alpha value is -3.29. The number of nitrogens with one attached hydrogen (secondary N) is 1. The molecule has 3 N–H and O–H groups in total. The van der Waals surface area contributed by atoms with Crippen molar-refractivity contribution in [1.82, 2.24) is 19.1 Å². The standard InChI is InChI=1S/C21H24N8OS/c1-13(27-17-3-5-24-6-4-17)21(28-23)15-7-19-25-11-18(9-22)29(19)20(8-15)30-14(2)16-10-26-31-12-16/h7-8,10-12,14,17,24H,3-6,23H2,1-2H3/b27-13?,28-21+. The molecule has 0 aromatic carbocycles. The smallest absolute Gasteiger partial charge is 0.201 e. The second-order valence-electron chi connectivity index (χ2n) is 7.42. The molecule has 0 aliphatic carbocycles. The van der Waals surface area contributed by atoms with E-state index in [1.165, 1.54) is 17.7 Å². The summed E-state index contributed by atoms with van der Waals surface area (Å²) in [5.74, 6) is 6.26. The van der Waals surface area contributed by atoms with E-state index in [2.05, 4.69) is 25.8 Å². The molecule has 10 heteroatoms. The van der Waals surface area contributed by atoms with E-state index in [-0.39, 0.29) is 12.1 Å². The minimum atomic E-state index is -0.256. The first-order valence-corrected chi connectivity index (χ1v) is 11.0. The zero-order valence-electron chi connectivity index (χ0n) is 17.4. The van der Waals surface area contributed by atoms with Gasteiger partial charge in [0.2, 0.25) is 5.88 Å². The molecule has 160 valence electrons. The van der Waals surface area contributed by atoms with E-state index in [9.17, 15) is 5.26 Å². The number of hydrogen-bond acceptors (Lipinski definition) is 9. The molecule has 1 saturated heterocycles. The van der Waals surface area contributed by atoms with Crippen molar-refractivity contribution >= 4 is 28.6 Å². The molecule has 1 aliphatic rings. The quantitative estimate of drug-likeness (QED) is 0.348. The number of nitriles is 1. The molecule has 0 saturated carbocycles. The third kappa shape index (κ3) is 4.42. The first-order valence-electron chi connectivity index (χ1n) is 10.1. The van der Waals surface area contributed by atoms with Crippen LogP contribution in [0.15, 0.2) is 40.0 Å². The molecule has 1 aliphatic heterocycles. The largest absolute Gasteiger partial charge is 0.471 e. The van der Waals surface area contributed by atoms with Gasteiger partial charge in [-0.05, 0) is 57.4 Å². The van der Waals surface area contributed by atoms with Crippen molar-refractivity contribution in [1.29, 1.82) is 5.26 Å². The van der Waals surface area contributed by atoms with Crippen molar-refractivity contribution in [3.8, 4) is 11.9 Å². The van der Waals surface area contributed by atoms with Crippen LogP contribution in [0, 0.1) is 11.3 Å². The Balaban J connectivity index is 1.74. The highest BCUT2D eigenvalue weighted by Crippen LogP contribution is 2.27. The Kier molecular flexibility index (Phi) is 6.25. The third-order valence-corrected chi connectivity index (χ3v) is 5.94. The Labute approximate surface area is 184 Å². The summed E-state index contributed by atoms with van der Waals surface area (Å²) in [4.78, 5) is 9.23. The molecule has 4 rings (SSSR count). The fourth-order valence-corrected chi connectivity index (χ4v) is 4.31. The van der Waals surface area contributed by atoms with Crippen molar-refractivity contribution in [2.45, 2.75) is 38.8 Å². The van der Waals surface area contributed by atoms with Crippen LogP contribution in [0.25, 0.3) is 5.65 Å². The van der Waals surface area contributed by atoms with E-state index < -0.39 is 0 Å².